The van der Waals surface area contributed by atoms with Gasteiger partial charge in [-0.3, -0.25) is 4.79 Å². The highest BCUT2D eigenvalue weighted by molar-refractivity contribution is 5.72. The van der Waals surface area contributed by atoms with Gasteiger partial charge in [-0.1, -0.05) is 25.1 Å². The molecule has 4 nitrogen and oxygen atoms in total. The van der Waals surface area contributed by atoms with Gasteiger partial charge in [-0.15, -0.1) is 0 Å². The number of nitrogens with one attached hydrogen (secondary N) is 1. The largest absolute Gasteiger partial charge is 0.494 e. The lowest BCUT2D eigenvalue weighted by molar-refractivity contribution is -0.145. The zero-order valence-electron chi connectivity index (χ0n) is 11.9. The van der Waals surface area contributed by atoms with Crippen LogP contribution in [0.1, 0.15) is 20.3 Å². The van der Waals surface area contributed by atoms with Crippen LogP contribution >= 0.6 is 0 Å². The van der Waals surface area contributed by atoms with E-state index >= 15 is 0 Å². The topological polar surface area (TPSA) is 47.6 Å². The molecule has 0 saturated heterocycles. The number of ether oxygens (including phenoxy) is 2. The maximum atomic E-state index is 11.3. The van der Waals surface area contributed by atoms with Gasteiger partial charge in [-0.05, 0) is 32.0 Å². The minimum Gasteiger partial charge on any atom is -0.494 e. The SMILES string of the molecule is COC(=O)C(C)C(C)NCCCOc1ccccc1. The second-order valence-corrected chi connectivity index (χ2v) is 4.57. The van der Waals surface area contributed by atoms with Gasteiger partial charge in [0, 0.05) is 6.04 Å². The highest BCUT2D eigenvalue weighted by Gasteiger charge is 2.19. The van der Waals surface area contributed by atoms with Crippen LogP contribution < -0.4 is 10.1 Å². The monoisotopic (exact) mass is 265 g/mol. The van der Waals surface area contributed by atoms with E-state index in [4.69, 9.17) is 9.47 Å². The fraction of sp³-hybridized carbons (Fsp3) is 0.533. The van der Waals surface area contributed by atoms with Crippen molar-refractivity contribution in [3.05, 3.63) is 30.3 Å². The van der Waals surface area contributed by atoms with E-state index in [1.807, 2.05) is 44.2 Å². The number of hydrogen-bond acceptors (Lipinski definition) is 4. The number of para-hydroxylation sites is 1. The van der Waals surface area contributed by atoms with E-state index in [9.17, 15) is 4.79 Å². The molecule has 0 radical (unpaired) electrons. The average Bonchev–Trinajstić information content (AvgIpc) is 2.46. The van der Waals surface area contributed by atoms with Crippen LogP contribution in [0, 0.1) is 5.92 Å². The number of esters is 1. The minimum absolute atomic E-state index is 0.101. The Balaban J connectivity index is 2.12. The maximum Gasteiger partial charge on any atom is 0.309 e. The zero-order valence-corrected chi connectivity index (χ0v) is 11.9. The highest BCUT2D eigenvalue weighted by atomic mass is 16.5. The summed E-state index contributed by atoms with van der Waals surface area (Å²) >= 11 is 0. The van der Waals surface area contributed by atoms with Crippen LogP contribution in [-0.2, 0) is 9.53 Å². The van der Waals surface area contributed by atoms with Crippen molar-refractivity contribution in [3.8, 4) is 5.75 Å². The van der Waals surface area contributed by atoms with Gasteiger partial charge in [0.15, 0.2) is 0 Å². The van der Waals surface area contributed by atoms with Crippen LogP contribution in [0.2, 0.25) is 0 Å². The Kier molecular flexibility index (Phi) is 6.97. The Hall–Kier alpha value is -1.55. The molecule has 0 heterocycles. The van der Waals surface area contributed by atoms with Crippen molar-refractivity contribution in [1.82, 2.24) is 5.32 Å². The average molecular weight is 265 g/mol. The summed E-state index contributed by atoms with van der Waals surface area (Å²) in [5.41, 5.74) is 0. The summed E-state index contributed by atoms with van der Waals surface area (Å²) in [5.74, 6) is 0.569. The summed E-state index contributed by atoms with van der Waals surface area (Å²) in [6.07, 6.45) is 0.896. The van der Waals surface area contributed by atoms with E-state index in [0.29, 0.717) is 6.61 Å². The van der Waals surface area contributed by atoms with Gasteiger partial charge < -0.3 is 14.8 Å². The molecule has 1 aromatic rings. The van der Waals surface area contributed by atoms with Gasteiger partial charge in [-0.25, -0.2) is 0 Å². The molecule has 0 aromatic heterocycles. The molecule has 2 unspecified atom stereocenters. The van der Waals surface area contributed by atoms with E-state index in [1.54, 1.807) is 0 Å². The first-order valence-corrected chi connectivity index (χ1v) is 6.64. The van der Waals surface area contributed by atoms with Gasteiger partial charge in [0.25, 0.3) is 0 Å². The Morgan fingerprint density at radius 1 is 1.26 bits per heavy atom. The summed E-state index contributed by atoms with van der Waals surface area (Å²) in [6.45, 7) is 5.33. The normalized spacial score (nSPS) is 13.6. The van der Waals surface area contributed by atoms with Gasteiger partial charge in [-0.2, -0.15) is 0 Å². The molecule has 0 aliphatic rings. The van der Waals surface area contributed by atoms with Crippen LogP contribution in [0.4, 0.5) is 0 Å². The van der Waals surface area contributed by atoms with Crippen molar-refractivity contribution in [1.29, 1.82) is 0 Å². The molecule has 2 atom stereocenters. The van der Waals surface area contributed by atoms with Gasteiger partial charge in [0.1, 0.15) is 5.75 Å². The van der Waals surface area contributed by atoms with Crippen LogP contribution in [0.15, 0.2) is 30.3 Å². The van der Waals surface area contributed by atoms with Crippen molar-refractivity contribution >= 4 is 5.97 Å². The first kappa shape index (κ1) is 15.5. The Bertz CT molecular complexity index is 367. The summed E-state index contributed by atoms with van der Waals surface area (Å²) in [7, 11) is 1.42. The molecule has 106 valence electrons. The highest BCUT2D eigenvalue weighted by Crippen LogP contribution is 2.08. The quantitative estimate of drug-likeness (QED) is 0.578. The summed E-state index contributed by atoms with van der Waals surface area (Å²) in [4.78, 5) is 11.3. The molecule has 0 spiro atoms. The van der Waals surface area contributed by atoms with E-state index < -0.39 is 0 Å². The Morgan fingerprint density at radius 3 is 2.58 bits per heavy atom. The third-order valence-electron chi connectivity index (χ3n) is 3.12. The van der Waals surface area contributed by atoms with Crippen molar-refractivity contribution in [3.63, 3.8) is 0 Å². The molecule has 4 heteroatoms. The van der Waals surface area contributed by atoms with E-state index in [1.165, 1.54) is 7.11 Å². The number of methoxy groups -OCH3 is 1. The van der Waals surface area contributed by atoms with E-state index in [2.05, 4.69) is 5.32 Å². The molecule has 0 aliphatic carbocycles. The summed E-state index contributed by atoms with van der Waals surface area (Å²) in [6, 6.07) is 9.85. The molecule has 19 heavy (non-hydrogen) atoms. The molecule has 0 aliphatic heterocycles. The number of hydrogen-bond donors (Lipinski definition) is 1. The lowest BCUT2D eigenvalue weighted by atomic mass is 10.0. The molecule has 0 fully saturated rings. The van der Waals surface area contributed by atoms with Gasteiger partial charge >= 0.3 is 5.97 Å². The Morgan fingerprint density at radius 2 is 1.95 bits per heavy atom. The zero-order chi connectivity index (χ0) is 14.1. The van der Waals surface area contributed by atoms with Crippen LogP contribution in [0.5, 0.6) is 5.75 Å². The van der Waals surface area contributed by atoms with Gasteiger partial charge in [0.05, 0.1) is 19.6 Å². The predicted octanol–water partition coefficient (Wildman–Crippen LogP) is 2.24. The van der Waals surface area contributed by atoms with E-state index in [0.717, 1.165) is 18.7 Å². The molecule has 0 amide bonds. The van der Waals surface area contributed by atoms with Crippen LogP contribution in [0.25, 0.3) is 0 Å². The second-order valence-electron chi connectivity index (χ2n) is 4.57. The molecular formula is C15H23NO3. The third-order valence-corrected chi connectivity index (χ3v) is 3.12. The molecule has 0 bridgehead atoms. The van der Waals surface area contributed by atoms with E-state index in [-0.39, 0.29) is 17.9 Å². The van der Waals surface area contributed by atoms with Crippen molar-refractivity contribution in [2.24, 2.45) is 5.92 Å². The lowest BCUT2D eigenvalue weighted by Crippen LogP contribution is -2.37. The first-order chi connectivity index (χ1) is 9.15. The predicted molar refractivity (Wildman–Crippen MR) is 75.2 cm³/mol. The van der Waals surface area contributed by atoms with Crippen molar-refractivity contribution in [2.45, 2.75) is 26.3 Å². The van der Waals surface area contributed by atoms with Crippen LogP contribution in [-0.4, -0.2) is 32.3 Å². The third kappa shape index (κ3) is 5.75. The first-order valence-electron chi connectivity index (χ1n) is 6.64. The molecule has 1 aromatic carbocycles. The fourth-order valence-corrected chi connectivity index (χ4v) is 1.68. The molecule has 1 rings (SSSR count). The summed E-state index contributed by atoms with van der Waals surface area (Å²) < 4.78 is 10.3. The fourth-order valence-electron chi connectivity index (χ4n) is 1.68. The number of carbonyl (C=O) groups excluding carboxylic acids is 1. The van der Waals surface area contributed by atoms with Crippen molar-refractivity contribution < 1.29 is 14.3 Å². The number of benzene rings is 1. The van der Waals surface area contributed by atoms with Crippen molar-refractivity contribution in [2.75, 3.05) is 20.3 Å². The van der Waals surface area contributed by atoms with Gasteiger partial charge in [0.2, 0.25) is 0 Å². The molecule has 0 saturated carbocycles. The molecular weight excluding hydrogens is 242 g/mol. The smallest absolute Gasteiger partial charge is 0.309 e. The van der Waals surface area contributed by atoms with Crippen LogP contribution in [0.3, 0.4) is 0 Å². The second kappa shape index (κ2) is 8.53. The number of carbonyl (C=O) groups is 1. The minimum atomic E-state index is -0.180. The number of rotatable bonds is 8. The molecule has 1 N–H and O–H groups in total. The standard InChI is InChI=1S/C15H23NO3/c1-12(15(17)18-3)13(2)16-10-7-11-19-14-8-5-4-6-9-14/h4-6,8-9,12-13,16H,7,10-11H2,1-3H3. The lowest BCUT2D eigenvalue weighted by Gasteiger charge is -2.19. The Labute approximate surface area is 115 Å². The maximum absolute atomic E-state index is 11.3. The summed E-state index contributed by atoms with van der Waals surface area (Å²) in [5, 5.41) is 3.30.